The van der Waals surface area contributed by atoms with Gasteiger partial charge in [0, 0.05) is 55.8 Å². The number of hydrogen-bond donors (Lipinski definition) is 0. The molecule has 1 aromatic heterocycles. The van der Waals surface area contributed by atoms with E-state index in [0.717, 1.165) is 47.7 Å². The Balaban J connectivity index is 0.000000212. The Kier molecular flexibility index (Phi) is 18.9. The van der Waals surface area contributed by atoms with Crippen molar-refractivity contribution < 1.29 is 53.7 Å². The number of allylic oxidation sites excluding steroid dienone is 1. The van der Waals surface area contributed by atoms with E-state index in [1.807, 2.05) is 97.6 Å². The largest absolute Gasteiger partial charge is 0.546 e. The predicted molar refractivity (Wildman–Crippen MR) is 263 cm³/mol. The maximum Gasteiger partial charge on any atom is 0.522 e. The van der Waals surface area contributed by atoms with Crippen LogP contribution in [0.1, 0.15) is 83.3 Å². The Morgan fingerprint density at radius 2 is 1.13 bits per heavy atom. The topological polar surface area (TPSA) is 142 Å². The fraction of sp³-hybridized carbons (Fsp3) is 0.560. The molecule has 7 rings (SSSR count). The summed E-state index contributed by atoms with van der Waals surface area (Å²) in [5, 5.41) is -0.413. The molecule has 0 spiro atoms. The quantitative estimate of drug-likeness (QED) is 0.158. The summed E-state index contributed by atoms with van der Waals surface area (Å²) in [6, 6.07) is 25.4. The number of Topliss-reactive ketones (excluding diaryl/α,β-unsaturated/α-hetero) is 1. The van der Waals surface area contributed by atoms with Crippen LogP contribution in [0.5, 0.6) is 0 Å². The summed E-state index contributed by atoms with van der Waals surface area (Å²) in [5.41, 5.74) is -1.17. The van der Waals surface area contributed by atoms with Gasteiger partial charge in [-0.1, -0.05) is 108 Å². The number of pyridine rings is 1. The average Bonchev–Trinajstić information content (AvgIpc) is 4.03. The van der Waals surface area contributed by atoms with Crippen molar-refractivity contribution in [3.8, 4) is 0 Å². The van der Waals surface area contributed by atoms with Gasteiger partial charge in [-0.05, 0) is 104 Å². The van der Waals surface area contributed by atoms with Crippen LogP contribution in [0.4, 0.5) is 22.8 Å². The van der Waals surface area contributed by atoms with Gasteiger partial charge in [0.2, 0.25) is 16.6 Å². The SMILES string of the molecule is CC(C)(C)[Si](C)(C)OC1=CC[C@H]2CN(C(=O)OCc3ccccc3)C[C@@H]12.CC(C)(C)[Si](C)(C)OS(=O)(=O)C(F)(F)F.Cc1cccc(C)n1.O=C1CC[C@H]2CN(C(=O)OCc3ccccc3)C[C@@H]12. The van der Waals surface area contributed by atoms with E-state index in [0.29, 0.717) is 62.8 Å². The summed E-state index contributed by atoms with van der Waals surface area (Å²) < 4.78 is 79.5. The molecule has 0 unspecified atom stereocenters. The third-order valence-electron chi connectivity index (χ3n) is 13.6. The Hall–Kier alpha value is -4.53. The number of amides is 2. The fourth-order valence-corrected chi connectivity index (χ4v) is 12.2. The van der Waals surface area contributed by atoms with Crippen molar-refractivity contribution in [1.29, 1.82) is 0 Å². The van der Waals surface area contributed by atoms with Crippen LogP contribution in [-0.2, 0) is 45.9 Å². The number of hydrogen-bond acceptors (Lipinski definition) is 10. The minimum absolute atomic E-state index is 0.0595. The maximum absolute atomic E-state index is 12.5. The molecule has 2 saturated heterocycles. The molecule has 18 heteroatoms. The van der Waals surface area contributed by atoms with Crippen LogP contribution in [0.2, 0.25) is 36.3 Å². The Labute approximate surface area is 404 Å². The Bertz CT molecular complexity index is 2290. The third-order valence-corrected chi connectivity index (χ3v) is 24.7. The zero-order chi connectivity index (χ0) is 50.9. The average molecular weight is 1000 g/mol. The molecule has 0 N–H and O–H groups in total. The molecule has 3 heterocycles. The van der Waals surface area contributed by atoms with Gasteiger partial charge in [0.15, 0.2) is 0 Å². The number of likely N-dealkylation sites (tertiary alicyclic amines) is 2. The van der Waals surface area contributed by atoms with Gasteiger partial charge >= 0.3 is 27.8 Å². The number of carbonyl (C=O) groups excluding carboxylic acids is 3. The minimum Gasteiger partial charge on any atom is -0.546 e. The van der Waals surface area contributed by atoms with Crippen molar-refractivity contribution in [3.05, 3.63) is 113 Å². The number of carbonyl (C=O) groups is 3. The molecule has 2 aliphatic heterocycles. The second kappa shape index (κ2) is 22.9. The maximum atomic E-state index is 12.5. The first-order valence-corrected chi connectivity index (χ1v) is 30.4. The van der Waals surface area contributed by atoms with E-state index >= 15 is 0 Å². The summed E-state index contributed by atoms with van der Waals surface area (Å²) in [4.78, 5) is 43.7. The van der Waals surface area contributed by atoms with E-state index < -0.39 is 37.3 Å². The summed E-state index contributed by atoms with van der Waals surface area (Å²) >= 11 is 0. The van der Waals surface area contributed by atoms with Crippen molar-refractivity contribution in [3.63, 3.8) is 0 Å². The Morgan fingerprint density at radius 1 is 0.676 bits per heavy atom. The first kappa shape index (κ1) is 56.1. The number of halogens is 3. The lowest BCUT2D eigenvalue weighted by molar-refractivity contribution is -0.120. The molecule has 68 heavy (non-hydrogen) atoms. The molecule has 3 aromatic rings. The normalized spacial score (nSPS) is 20.3. The first-order valence-electron chi connectivity index (χ1n) is 23.2. The van der Waals surface area contributed by atoms with Gasteiger partial charge in [-0.3, -0.25) is 9.78 Å². The molecule has 12 nitrogen and oxygen atoms in total. The molecule has 4 aliphatic rings. The summed E-state index contributed by atoms with van der Waals surface area (Å²) in [6.07, 6.45) is 4.34. The number of benzene rings is 2. The van der Waals surface area contributed by atoms with Crippen molar-refractivity contribution in [1.82, 2.24) is 14.8 Å². The lowest BCUT2D eigenvalue weighted by atomic mass is 9.99. The van der Waals surface area contributed by atoms with Gasteiger partial charge in [0.1, 0.15) is 19.0 Å². The standard InChI is InChI=1S/C21H31NO3Si.C15H17NO3.C7H15F3O3SSi.C7H9N/c1-21(2,3)26(4,5)25-19-12-11-17-13-22(14-18(17)19)20(23)24-15-16-9-7-6-8-10-16;17-14-7-6-12-8-16(9-13(12)14)15(18)19-10-11-4-2-1-3-5-11;1-6(2,3)15(4,5)13-14(11,12)7(8,9)10;1-6-4-3-5-7(2)8-6/h6-10,12,17-18H,11,13-15H2,1-5H3;1-5,12-13H,6-10H2;1-5H3;3-5H,1-2H3/t17-,18+;12-,13+;;/m00../s1. The Morgan fingerprint density at radius 3 is 1.54 bits per heavy atom. The second-order valence-electron chi connectivity index (χ2n) is 21.0. The molecular weight excluding hydrogens is 932 g/mol. The highest BCUT2D eigenvalue weighted by Crippen LogP contribution is 2.45. The van der Waals surface area contributed by atoms with E-state index in [2.05, 4.69) is 48.8 Å². The smallest absolute Gasteiger partial charge is 0.522 e. The van der Waals surface area contributed by atoms with E-state index in [-0.39, 0.29) is 23.1 Å². The van der Waals surface area contributed by atoms with Crippen LogP contribution in [0, 0.1) is 37.5 Å². The van der Waals surface area contributed by atoms with Gasteiger partial charge in [-0.15, -0.1) is 0 Å². The van der Waals surface area contributed by atoms with Crippen LogP contribution in [0.3, 0.4) is 0 Å². The zero-order valence-electron chi connectivity index (χ0n) is 41.8. The summed E-state index contributed by atoms with van der Waals surface area (Å²) in [5.74, 6) is 2.64. The second-order valence-corrected chi connectivity index (χ2v) is 32.3. The molecule has 2 amide bonds. The third kappa shape index (κ3) is 15.7. The number of nitrogens with zero attached hydrogens (tertiary/aromatic N) is 3. The van der Waals surface area contributed by atoms with Crippen molar-refractivity contribution in [2.45, 2.75) is 130 Å². The zero-order valence-corrected chi connectivity index (χ0v) is 44.6. The molecular formula is C50H72F3N3O9SSi2. The minimum atomic E-state index is -5.48. The number of ether oxygens (including phenoxy) is 2. The van der Waals surface area contributed by atoms with E-state index in [1.165, 1.54) is 13.1 Å². The van der Waals surface area contributed by atoms with Crippen LogP contribution in [-0.4, -0.2) is 89.5 Å². The summed E-state index contributed by atoms with van der Waals surface area (Å²) in [6.45, 7) is 26.5. The predicted octanol–water partition coefficient (Wildman–Crippen LogP) is 12.0. The lowest BCUT2D eigenvalue weighted by Gasteiger charge is -2.38. The molecule has 0 radical (unpaired) electrons. The fourth-order valence-electron chi connectivity index (χ4n) is 7.50. The van der Waals surface area contributed by atoms with Crippen molar-refractivity contribution >= 4 is 44.7 Å². The van der Waals surface area contributed by atoms with E-state index in [1.54, 1.807) is 25.7 Å². The monoisotopic (exact) mass is 1000 g/mol. The molecule has 376 valence electrons. The van der Waals surface area contributed by atoms with Crippen LogP contribution < -0.4 is 0 Å². The molecule has 0 bridgehead atoms. The van der Waals surface area contributed by atoms with Crippen molar-refractivity contribution in [2.24, 2.45) is 23.7 Å². The molecule has 2 aromatic carbocycles. The highest BCUT2D eigenvalue weighted by Gasteiger charge is 2.53. The number of aryl methyl sites for hydroxylation is 2. The highest BCUT2D eigenvalue weighted by molar-refractivity contribution is 7.88. The van der Waals surface area contributed by atoms with Gasteiger partial charge in [-0.2, -0.15) is 21.6 Å². The van der Waals surface area contributed by atoms with Gasteiger partial charge in [-0.25, -0.2) is 9.59 Å². The molecule has 4 atom stereocenters. The number of ketones is 1. The molecule has 2 aliphatic carbocycles. The van der Waals surface area contributed by atoms with E-state index in [9.17, 15) is 36.0 Å². The number of rotatable bonds is 8. The van der Waals surface area contributed by atoms with Gasteiger partial charge in [0.05, 0.1) is 5.76 Å². The van der Waals surface area contributed by atoms with Gasteiger partial charge < -0.3 is 27.6 Å². The van der Waals surface area contributed by atoms with Crippen LogP contribution in [0.15, 0.2) is 90.7 Å². The van der Waals surface area contributed by atoms with Crippen molar-refractivity contribution in [2.75, 3.05) is 26.2 Å². The first-order chi connectivity index (χ1) is 31.4. The van der Waals surface area contributed by atoms with E-state index in [4.69, 9.17) is 13.9 Å². The molecule has 3 fully saturated rings. The van der Waals surface area contributed by atoms with Crippen LogP contribution in [0.25, 0.3) is 0 Å². The number of alkyl halides is 3. The van der Waals surface area contributed by atoms with Gasteiger partial charge in [0.25, 0.3) is 0 Å². The molecule has 1 saturated carbocycles. The number of fused-ring (bicyclic) bond motifs is 2. The van der Waals surface area contributed by atoms with Crippen LogP contribution >= 0.6 is 0 Å². The number of aromatic nitrogens is 1. The summed E-state index contributed by atoms with van der Waals surface area (Å²) in [7, 11) is -10.3. The lowest BCUT2D eigenvalue weighted by Crippen LogP contribution is -2.45. The highest BCUT2D eigenvalue weighted by atomic mass is 32.2.